The van der Waals surface area contributed by atoms with Crippen molar-refractivity contribution in [2.75, 3.05) is 13.1 Å². The van der Waals surface area contributed by atoms with Gasteiger partial charge in [-0.15, -0.1) is 0 Å². The van der Waals surface area contributed by atoms with E-state index in [-0.39, 0.29) is 5.82 Å². The van der Waals surface area contributed by atoms with Gasteiger partial charge in [-0.05, 0) is 62.6 Å². The Morgan fingerprint density at radius 3 is 3.00 bits per heavy atom. The Morgan fingerprint density at radius 1 is 1.20 bits per heavy atom. The van der Waals surface area contributed by atoms with Gasteiger partial charge < -0.3 is 14.5 Å². The van der Waals surface area contributed by atoms with E-state index in [4.69, 9.17) is 12.2 Å². The summed E-state index contributed by atoms with van der Waals surface area (Å²) in [5.41, 5.74) is 1.84. The number of H-pyrrole nitrogens is 1. The quantitative estimate of drug-likeness (QED) is 0.811. The Morgan fingerprint density at radius 2 is 2.10 bits per heavy atom. The molecule has 106 valence electrons. The smallest absolute Gasteiger partial charge is 0.178 e. The lowest BCUT2D eigenvalue weighted by molar-refractivity contribution is 0.156. The highest BCUT2D eigenvalue weighted by molar-refractivity contribution is 7.71. The van der Waals surface area contributed by atoms with E-state index < -0.39 is 0 Å². The summed E-state index contributed by atoms with van der Waals surface area (Å²) >= 11 is 5.47. The molecule has 2 aliphatic rings. The highest BCUT2D eigenvalue weighted by atomic mass is 32.1. The second kappa shape index (κ2) is 4.67. The van der Waals surface area contributed by atoms with Crippen molar-refractivity contribution in [3.8, 4) is 0 Å². The number of nitrogens with zero attached hydrogens (tertiary/aromatic N) is 2. The molecule has 1 aromatic carbocycles. The van der Waals surface area contributed by atoms with Crippen molar-refractivity contribution in [1.29, 1.82) is 0 Å². The van der Waals surface area contributed by atoms with Crippen LogP contribution in [-0.2, 0) is 0 Å². The third-order valence-electron chi connectivity index (χ3n) is 4.84. The molecule has 2 fully saturated rings. The SMILES string of the molecule is Fc1ccc2[nH]c(=S)n(C3CCN4CCCC4C3)c2c1. The molecule has 2 atom stereocenters. The number of halogens is 1. The topological polar surface area (TPSA) is 24.0 Å². The van der Waals surface area contributed by atoms with Crippen molar-refractivity contribution in [1.82, 2.24) is 14.5 Å². The molecular formula is C15H18FN3S. The standard InChI is InChI=1S/C15H18FN3S/c16-10-3-4-13-14(8-10)19(15(20)17-13)12-5-7-18-6-1-2-11(18)9-12/h3-4,8,11-12H,1-2,5-7,9H2,(H,17,20). The maximum absolute atomic E-state index is 13.5. The first-order valence-electron chi connectivity index (χ1n) is 7.36. The van der Waals surface area contributed by atoms with Crippen LogP contribution in [0.15, 0.2) is 18.2 Å². The Bertz CT molecular complexity index is 705. The summed E-state index contributed by atoms with van der Waals surface area (Å²) in [4.78, 5) is 5.80. The molecule has 2 unspecified atom stereocenters. The van der Waals surface area contributed by atoms with Gasteiger partial charge in [0.15, 0.2) is 4.77 Å². The van der Waals surface area contributed by atoms with E-state index in [1.807, 2.05) is 0 Å². The van der Waals surface area contributed by atoms with Crippen LogP contribution in [0.5, 0.6) is 0 Å². The van der Waals surface area contributed by atoms with Gasteiger partial charge in [0.25, 0.3) is 0 Å². The molecule has 4 rings (SSSR count). The maximum atomic E-state index is 13.5. The predicted molar refractivity (Wildman–Crippen MR) is 79.9 cm³/mol. The van der Waals surface area contributed by atoms with Gasteiger partial charge in [-0.2, -0.15) is 0 Å². The first kappa shape index (κ1) is 12.5. The molecule has 0 bridgehead atoms. The number of imidazole rings is 1. The summed E-state index contributed by atoms with van der Waals surface area (Å²) in [7, 11) is 0. The first-order valence-corrected chi connectivity index (χ1v) is 7.77. The number of aromatic nitrogens is 2. The van der Waals surface area contributed by atoms with Gasteiger partial charge in [0, 0.05) is 18.6 Å². The van der Waals surface area contributed by atoms with E-state index in [0.717, 1.165) is 35.2 Å². The molecule has 0 amide bonds. The molecule has 2 aliphatic heterocycles. The fourth-order valence-corrected chi connectivity index (χ4v) is 4.25. The lowest BCUT2D eigenvalue weighted by Crippen LogP contribution is -2.38. The predicted octanol–water partition coefficient (Wildman–Crippen LogP) is 3.64. The van der Waals surface area contributed by atoms with Gasteiger partial charge in [0.05, 0.1) is 11.0 Å². The van der Waals surface area contributed by atoms with Gasteiger partial charge in [-0.1, -0.05) is 0 Å². The summed E-state index contributed by atoms with van der Waals surface area (Å²) < 4.78 is 16.4. The molecular weight excluding hydrogens is 273 g/mol. The summed E-state index contributed by atoms with van der Waals surface area (Å²) in [5, 5.41) is 0. The van der Waals surface area contributed by atoms with Crippen LogP contribution in [0, 0.1) is 10.6 Å². The molecule has 0 radical (unpaired) electrons. The zero-order chi connectivity index (χ0) is 13.7. The lowest BCUT2D eigenvalue weighted by atomic mass is 9.97. The molecule has 1 aromatic heterocycles. The Kier molecular flexibility index (Phi) is 2.93. The van der Waals surface area contributed by atoms with E-state index in [1.165, 1.54) is 25.5 Å². The summed E-state index contributed by atoms with van der Waals surface area (Å²) in [6.07, 6.45) is 4.85. The van der Waals surface area contributed by atoms with Crippen LogP contribution in [0.3, 0.4) is 0 Å². The highest BCUT2D eigenvalue weighted by Gasteiger charge is 2.33. The molecule has 3 heterocycles. The van der Waals surface area contributed by atoms with Gasteiger partial charge in [0.1, 0.15) is 5.82 Å². The second-order valence-corrected chi connectivity index (χ2v) is 6.36. The van der Waals surface area contributed by atoms with Crippen molar-refractivity contribution in [2.24, 2.45) is 0 Å². The van der Waals surface area contributed by atoms with Crippen molar-refractivity contribution in [3.63, 3.8) is 0 Å². The number of nitrogens with one attached hydrogen (secondary N) is 1. The first-order chi connectivity index (χ1) is 9.72. The molecule has 5 heteroatoms. The zero-order valence-electron chi connectivity index (χ0n) is 11.3. The van der Waals surface area contributed by atoms with Crippen LogP contribution in [-0.4, -0.2) is 33.6 Å². The van der Waals surface area contributed by atoms with Crippen molar-refractivity contribution < 1.29 is 4.39 Å². The highest BCUT2D eigenvalue weighted by Crippen LogP contribution is 2.35. The largest absolute Gasteiger partial charge is 0.331 e. The fourth-order valence-electron chi connectivity index (χ4n) is 3.89. The lowest BCUT2D eigenvalue weighted by Gasteiger charge is -2.35. The average molecular weight is 291 g/mol. The van der Waals surface area contributed by atoms with E-state index in [0.29, 0.717) is 12.1 Å². The molecule has 2 aromatic rings. The normalized spacial score (nSPS) is 27.1. The van der Waals surface area contributed by atoms with Gasteiger partial charge in [-0.25, -0.2) is 4.39 Å². The molecule has 20 heavy (non-hydrogen) atoms. The number of hydrogen-bond acceptors (Lipinski definition) is 2. The van der Waals surface area contributed by atoms with E-state index in [9.17, 15) is 4.39 Å². The molecule has 0 spiro atoms. The number of fused-ring (bicyclic) bond motifs is 2. The van der Waals surface area contributed by atoms with E-state index >= 15 is 0 Å². The molecule has 1 N–H and O–H groups in total. The zero-order valence-corrected chi connectivity index (χ0v) is 12.1. The minimum absolute atomic E-state index is 0.196. The van der Waals surface area contributed by atoms with Crippen LogP contribution < -0.4 is 0 Å². The average Bonchev–Trinajstić information content (AvgIpc) is 3.00. The molecule has 2 saturated heterocycles. The number of piperidine rings is 1. The Labute approximate surface area is 122 Å². The molecule has 3 nitrogen and oxygen atoms in total. The van der Waals surface area contributed by atoms with Crippen LogP contribution in [0.25, 0.3) is 11.0 Å². The number of rotatable bonds is 1. The van der Waals surface area contributed by atoms with Crippen molar-refractivity contribution in [2.45, 2.75) is 37.8 Å². The third kappa shape index (κ3) is 1.91. The minimum atomic E-state index is -0.196. The van der Waals surface area contributed by atoms with Crippen molar-refractivity contribution >= 4 is 23.3 Å². The summed E-state index contributed by atoms with van der Waals surface area (Å²) in [6.45, 7) is 2.38. The summed E-state index contributed by atoms with van der Waals surface area (Å²) in [6, 6.07) is 5.95. The van der Waals surface area contributed by atoms with Crippen LogP contribution in [0.2, 0.25) is 0 Å². The maximum Gasteiger partial charge on any atom is 0.178 e. The molecule has 0 aliphatic carbocycles. The second-order valence-electron chi connectivity index (χ2n) is 5.97. The Balaban J connectivity index is 1.76. The number of benzene rings is 1. The van der Waals surface area contributed by atoms with Gasteiger partial charge in [0.2, 0.25) is 0 Å². The Hall–Kier alpha value is -1.20. The third-order valence-corrected chi connectivity index (χ3v) is 5.14. The monoisotopic (exact) mass is 291 g/mol. The van der Waals surface area contributed by atoms with E-state index in [1.54, 1.807) is 12.1 Å². The van der Waals surface area contributed by atoms with E-state index in [2.05, 4.69) is 14.5 Å². The van der Waals surface area contributed by atoms with Crippen molar-refractivity contribution in [3.05, 3.63) is 28.8 Å². The number of aromatic amines is 1. The van der Waals surface area contributed by atoms with Crippen LogP contribution >= 0.6 is 12.2 Å². The fraction of sp³-hybridized carbons (Fsp3) is 0.533. The molecule has 0 saturated carbocycles. The minimum Gasteiger partial charge on any atom is -0.331 e. The summed E-state index contributed by atoms with van der Waals surface area (Å²) in [5.74, 6) is -0.196. The van der Waals surface area contributed by atoms with Gasteiger partial charge >= 0.3 is 0 Å². The van der Waals surface area contributed by atoms with Crippen LogP contribution in [0.1, 0.15) is 31.7 Å². The van der Waals surface area contributed by atoms with Gasteiger partial charge in [-0.3, -0.25) is 0 Å². The number of hydrogen-bond donors (Lipinski definition) is 1. The van der Waals surface area contributed by atoms with Crippen LogP contribution in [0.4, 0.5) is 4.39 Å².